The number of anilines is 2. The summed E-state index contributed by atoms with van der Waals surface area (Å²) in [6.45, 7) is 1.77. The largest absolute Gasteiger partial charge is 0.399 e. The van der Waals surface area contributed by atoms with E-state index in [0.29, 0.717) is 16.9 Å². The van der Waals surface area contributed by atoms with Crippen molar-refractivity contribution in [2.24, 2.45) is 0 Å². The van der Waals surface area contributed by atoms with E-state index >= 15 is 0 Å². The Morgan fingerprint density at radius 2 is 1.90 bits per heavy atom. The van der Waals surface area contributed by atoms with E-state index in [1.807, 2.05) is 6.92 Å². The first kappa shape index (κ1) is 14.5. The summed E-state index contributed by atoms with van der Waals surface area (Å²) < 4.78 is 0. The highest BCUT2D eigenvalue weighted by molar-refractivity contribution is 5.99. The number of aryl methyl sites for hydroxylation is 1. The molecule has 6 nitrogen and oxygen atoms in total. The molecule has 2 rings (SSSR count). The second kappa shape index (κ2) is 6.51. The van der Waals surface area contributed by atoms with Gasteiger partial charge in [-0.25, -0.2) is 0 Å². The highest BCUT2D eigenvalue weighted by Gasteiger charge is 2.08. The molecule has 0 bridgehead atoms. The molecular formula is C15H16N4O2. The summed E-state index contributed by atoms with van der Waals surface area (Å²) in [7, 11) is 0. The maximum Gasteiger partial charge on any atom is 0.251 e. The standard InChI is InChI=1S/C15H16N4O2/c1-10-6-13(8-17-7-10)19-14(20)9-18-15(21)11-2-4-12(16)5-3-11/h2-8H,9,16H2,1H3,(H,18,21)(H,19,20). The van der Waals surface area contributed by atoms with Crippen LogP contribution in [-0.4, -0.2) is 23.3 Å². The van der Waals surface area contributed by atoms with Gasteiger partial charge in [-0.05, 0) is 42.8 Å². The number of nitrogens with one attached hydrogen (secondary N) is 2. The summed E-state index contributed by atoms with van der Waals surface area (Å²) in [6, 6.07) is 8.27. The van der Waals surface area contributed by atoms with Gasteiger partial charge in [0.1, 0.15) is 0 Å². The minimum Gasteiger partial charge on any atom is -0.399 e. The maximum atomic E-state index is 11.8. The Hall–Kier alpha value is -2.89. The van der Waals surface area contributed by atoms with Crippen molar-refractivity contribution in [2.75, 3.05) is 17.6 Å². The number of pyridine rings is 1. The van der Waals surface area contributed by atoms with Crippen molar-refractivity contribution in [3.8, 4) is 0 Å². The van der Waals surface area contributed by atoms with Crippen molar-refractivity contribution >= 4 is 23.2 Å². The van der Waals surface area contributed by atoms with Crippen LogP contribution in [0.3, 0.4) is 0 Å². The van der Waals surface area contributed by atoms with Crippen molar-refractivity contribution in [3.05, 3.63) is 53.9 Å². The zero-order chi connectivity index (χ0) is 15.2. The van der Waals surface area contributed by atoms with Gasteiger partial charge in [0.05, 0.1) is 18.4 Å². The van der Waals surface area contributed by atoms with Crippen molar-refractivity contribution in [1.29, 1.82) is 0 Å². The molecule has 0 saturated heterocycles. The fourth-order valence-electron chi connectivity index (χ4n) is 1.73. The van der Waals surface area contributed by atoms with Gasteiger partial charge in [0.25, 0.3) is 5.91 Å². The number of carbonyl (C=O) groups is 2. The second-order valence-corrected chi connectivity index (χ2v) is 4.60. The van der Waals surface area contributed by atoms with E-state index in [9.17, 15) is 9.59 Å². The molecule has 1 aromatic heterocycles. The maximum absolute atomic E-state index is 11.8. The molecule has 6 heteroatoms. The van der Waals surface area contributed by atoms with Crippen LogP contribution in [0.5, 0.6) is 0 Å². The number of hydrogen-bond donors (Lipinski definition) is 3. The highest BCUT2D eigenvalue weighted by atomic mass is 16.2. The van der Waals surface area contributed by atoms with Crippen LogP contribution in [0, 0.1) is 6.92 Å². The van der Waals surface area contributed by atoms with E-state index in [0.717, 1.165) is 5.56 Å². The van der Waals surface area contributed by atoms with Crippen LogP contribution < -0.4 is 16.4 Å². The van der Waals surface area contributed by atoms with Gasteiger partial charge in [-0.3, -0.25) is 14.6 Å². The number of nitrogens with two attached hydrogens (primary N) is 1. The first-order chi connectivity index (χ1) is 10.0. The van der Waals surface area contributed by atoms with Gasteiger partial charge in [0, 0.05) is 17.4 Å². The van der Waals surface area contributed by atoms with E-state index in [2.05, 4.69) is 15.6 Å². The SMILES string of the molecule is Cc1cncc(NC(=O)CNC(=O)c2ccc(N)cc2)c1. The van der Waals surface area contributed by atoms with Crippen molar-refractivity contribution in [3.63, 3.8) is 0 Å². The number of rotatable bonds is 4. The molecule has 1 heterocycles. The third-order valence-corrected chi connectivity index (χ3v) is 2.74. The van der Waals surface area contributed by atoms with Crippen LogP contribution in [0.25, 0.3) is 0 Å². The molecule has 4 N–H and O–H groups in total. The smallest absolute Gasteiger partial charge is 0.251 e. The molecule has 0 unspecified atom stereocenters. The molecule has 0 saturated carbocycles. The molecule has 0 aliphatic rings. The minimum atomic E-state index is -0.326. The summed E-state index contributed by atoms with van der Waals surface area (Å²) in [4.78, 5) is 27.5. The zero-order valence-electron chi connectivity index (χ0n) is 11.6. The van der Waals surface area contributed by atoms with Gasteiger partial charge >= 0.3 is 0 Å². The summed E-state index contributed by atoms with van der Waals surface area (Å²) in [6.07, 6.45) is 3.24. The Bertz CT molecular complexity index is 653. The van der Waals surface area contributed by atoms with Crippen LogP contribution in [-0.2, 0) is 4.79 Å². The van der Waals surface area contributed by atoms with Gasteiger partial charge in [0.2, 0.25) is 5.91 Å². The number of benzene rings is 1. The predicted molar refractivity (Wildman–Crippen MR) is 80.8 cm³/mol. The Balaban J connectivity index is 1.86. The van der Waals surface area contributed by atoms with Gasteiger partial charge < -0.3 is 16.4 Å². The third-order valence-electron chi connectivity index (χ3n) is 2.74. The lowest BCUT2D eigenvalue weighted by atomic mass is 10.2. The highest BCUT2D eigenvalue weighted by Crippen LogP contribution is 2.07. The lowest BCUT2D eigenvalue weighted by Crippen LogP contribution is -2.32. The second-order valence-electron chi connectivity index (χ2n) is 4.60. The average molecular weight is 284 g/mol. The first-order valence-corrected chi connectivity index (χ1v) is 6.40. The van der Waals surface area contributed by atoms with Crippen LogP contribution >= 0.6 is 0 Å². The molecule has 0 radical (unpaired) electrons. The Morgan fingerprint density at radius 3 is 2.57 bits per heavy atom. The van der Waals surface area contributed by atoms with Gasteiger partial charge in [-0.2, -0.15) is 0 Å². The third kappa shape index (κ3) is 4.31. The fourth-order valence-corrected chi connectivity index (χ4v) is 1.73. The minimum absolute atomic E-state index is 0.114. The van der Waals surface area contributed by atoms with Crippen molar-refractivity contribution in [2.45, 2.75) is 6.92 Å². The molecule has 108 valence electrons. The molecule has 0 fully saturated rings. The number of hydrogen-bond acceptors (Lipinski definition) is 4. The first-order valence-electron chi connectivity index (χ1n) is 6.40. The van der Waals surface area contributed by atoms with Crippen LogP contribution in [0.1, 0.15) is 15.9 Å². The normalized spacial score (nSPS) is 9.95. The summed E-state index contributed by atoms with van der Waals surface area (Å²) in [5, 5.41) is 5.20. The van der Waals surface area contributed by atoms with Crippen LogP contribution in [0.15, 0.2) is 42.7 Å². The zero-order valence-corrected chi connectivity index (χ0v) is 11.6. The molecule has 0 atom stereocenters. The molecule has 2 aromatic rings. The van der Waals surface area contributed by atoms with E-state index in [-0.39, 0.29) is 18.4 Å². The predicted octanol–water partition coefficient (Wildman–Crippen LogP) is 1.34. The molecule has 0 aliphatic carbocycles. The molecule has 2 amide bonds. The lowest BCUT2D eigenvalue weighted by molar-refractivity contribution is -0.115. The summed E-state index contributed by atoms with van der Waals surface area (Å²) in [5.41, 5.74) is 8.12. The Kier molecular flexibility index (Phi) is 4.50. The van der Waals surface area contributed by atoms with E-state index in [1.54, 1.807) is 42.7 Å². The molecular weight excluding hydrogens is 268 g/mol. The topological polar surface area (TPSA) is 97.1 Å². The number of nitrogen functional groups attached to an aromatic ring is 1. The number of amides is 2. The number of nitrogens with zero attached hydrogens (tertiary/aromatic N) is 1. The summed E-state index contributed by atoms with van der Waals surface area (Å²) >= 11 is 0. The Labute approximate surface area is 122 Å². The van der Waals surface area contributed by atoms with E-state index in [1.165, 1.54) is 0 Å². The van der Waals surface area contributed by atoms with Crippen LogP contribution in [0.4, 0.5) is 11.4 Å². The average Bonchev–Trinajstić information content (AvgIpc) is 2.45. The van der Waals surface area contributed by atoms with Gasteiger partial charge in [-0.15, -0.1) is 0 Å². The monoisotopic (exact) mass is 284 g/mol. The fraction of sp³-hybridized carbons (Fsp3) is 0.133. The van der Waals surface area contributed by atoms with Crippen molar-refractivity contribution < 1.29 is 9.59 Å². The molecule has 21 heavy (non-hydrogen) atoms. The molecule has 0 aliphatic heterocycles. The Morgan fingerprint density at radius 1 is 1.19 bits per heavy atom. The van der Waals surface area contributed by atoms with Gasteiger partial charge in [0.15, 0.2) is 0 Å². The van der Waals surface area contributed by atoms with E-state index in [4.69, 9.17) is 5.73 Å². The molecule has 0 spiro atoms. The molecule has 1 aromatic carbocycles. The number of aromatic nitrogens is 1. The van der Waals surface area contributed by atoms with Crippen LogP contribution in [0.2, 0.25) is 0 Å². The lowest BCUT2D eigenvalue weighted by Gasteiger charge is -2.07. The van der Waals surface area contributed by atoms with Gasteiger partial charge in [-0.1, -0.05) is 0 Å². The van der Waals surface area contributed by atoms with E-state index < -0.39 is 0 Å². The van der Waals surface area contributed by atoms with Crippen molar-refractivity contribution in [1.82, 2.24) is 10.3 Å². The summed E-state index contributed by atoms with van der Waals surface area (Å²) in [5.74, 6) is -0.640. The quantitative estimate of drug-likeness (QED) is 0.738. The number of carbonyl (C=O) groups excluding carboxylic acids is 2.